The fraction of sp³-hybridized carbons (Fsp3) is 0.235. The van der Waals surface area contributed by atoms with Crippen molar-refractivity contribution in [1.29, 1.82) is 0 Å². The molecule has 0 saturated heterocycles. The summed E-state index contributed by atoms with van der Waals surface area (Å²) >= 11 is 0. The third kappa shape index (κ3) is 2.32. The smallest absolute Gasteiger partial charge is 0.157 e. The van der Waals surface area contributed by atoms with Gasteiger partial charge in [0.2, 0.25) is 0 Å². The van der Waals surface area contributed by atoms with Crippen LogP contribution in [0.25, 0.3) is 16.7 Å². The minimum Gasteiger partial charge on any atom is -0.366 e. The third-order valence-electron chi connectivity index (χ3n) is 4.13. The van der Waals surface area contributed by atoms with Crippen LogP contribution in [0.2, 0.25) is 0 Å². The lowest BCUT2D eigenvalue weighted by molar-refractivity contribution is 0.886. The lowest BCUT2D eigenvalue weighted by atomic mass is 10.2. The Hall–Kier alpha value is -2.89. The summed E-state index contributed by atoms with van der Waals surface area (Å²) in [5.41, 5.74) is 5.19. The van der Waals surface area contributed by atoms with Crippen LogP contribution in [0.15, 0.2) is 36.5 Å². The molecule has 0 aliphatic carbocycles. The van der Waals surface area contributed by atoms with E-state index in [9.17, 15) is 0 Å². The fourth-order valence-corrected chi connectivity index (χ4v) is 2.83. The molecule has 1 N–H and O–H groups in total. The van der Waals surface area contributed by atoms with Crippen LogP contribution in [0.1, 0.15) is 17.1 Å². The number of anilines is 1. The molecule has 0 spiro atoms. The Labute approximate surface area is 133 Å². The summed E-state index contributed by atoms with van der Waals surface area (Å²) in [5.74, 6) is 1.96. The van der Waals surface area contributed by atoms with E-state index in [2.05, 4.69) is 43.1 Å². The predicted molar refractivity (Wildman–Crippen MR) is 90.5 cm³/mol. The quantitative estimate of drug-likeness (QED) is 0.632. The summed E-state index contributed by atoms with van der Waals surface area (Å²) < 4.78 is 3.92. The molecule has 0 fully saturated rings. The monoisotopic (exact) mass is 306 g/mol. The standard InChI is InChI=1S/C17H18N6/c1-11-8-17(23-16(20-11)6-7-19-23)18-10-13-4-5-15-14(9-13)21-12(2)22(15)3/h4-9,18H,10H2,1-3H3. The Morgan fingerprint density at radius 3 is 2.83 bits per heavy atom. The summed E-state index contributed by atoms with van der Waals surface area (Å²) in [5, 5.41) is 7.76. The number of hydrogen-bond donors (Lipinski definition) is 1. The maximum atomic E-state index is 4.59. The average molecular weight is 306 g/mol. The molecule has 4 aromatic rings. The van der Waals surface area contributed by atoms with Crippen LogP contribution in [0.5, 0.6) is 0 Å². The van der Waals surface area contributed by atoms with Gasteiger partial charge in [-0.2, -0.15) is 9.61 Å². The molecule has 116 valence electrons. The predicted octanol–water partition coefficient (Wildman–Crippen LogP) is 2.84. The second-order valence-corrected chi connectivity index (χ2v) is 5.78. The Kier molecular flexibility index (Phi) is 3.04. The van der Waals surface area contributed by atoms with Crippen molar-refractivity contribution in [3.63, 3.8) is 0 Å². The molecule has 23 heavy (non-hydrogen) atoms. The zero-order valence-corrected chi connectivity index (χ0v) is 13.4. The van der Waals surface area contributed by atoms with Crippen LogP contribution in [-0.4, -0.2) is 24.1 Å². The number of fused-ring (bicyclic) bond motifs is 2. The van der Waals surface area contributed by atoms with Gasteiger partial charge in [-0.1, -0.05) is 6.07 Å². The van der Waals surface area contributed by atoms with E-state index in [1.54, 1.807) is 6.20 Å². The third-order valence-corrected chi connectivity index (χ3v) is 4.13. The van der Waals surface area contributed by atoms with Crippen molar-refractivity contribution in [3.8, 4) is 0 Å². The first-order chi connectivity index (χ1) is 11.1. The molecular formula is C17H18N6. The van der Waals surface area contributed by atoms with E-state index in [1.165, 1.54) is 5.56 Å². The van der Waals surface area contributed by atoms with Crippen molar-refractivity contribution in [2.24, 2.45) is 7.05 Å². The zero-order chi connectivity index (χ0) is 16.0. The number of nitrogens with one attached hydrogen (secondary N) is 1. The lowest BCUT2D eigenvalue weighted by Gasteiger charge is -2.09. The maximum absolute atomic E-state index is 4.59. The van der Waals surface area contributed by atoms with Crippen LogP contribution in [-0.2, 0) is 13.6 Å². The Balaban J connectivity index is 1.64. The van der Waals surface area contributed by atoms with E-state index >= 15 is 0 Å². The van der Waals surface area contributed by atoms with Crippen LogP contribution in [0, 0.1) is 13.8 Å². The Bertz CT molecular complexity index is 1010. The highest BCUT2D eigenvalue weighted by molar-refractivity contribution is 5.76. The van der Waals surface area contributed by atoms with Gasteiger partial charge in [0, 0.05) is 31.4 Å². The van der Waals surface area contributed by atoms with E-state index in [0.717, 1.165) is 34.0 Å². The second-order valence-electron chi connectivity index (χ2n) is 5.78. The summed E-state index contributed by atoms with van der Waals surface area (Å²) in [6.45, 7) is 4.72. The molecule has 0 aliphatic rings. The first kappa shape index (κ1) is 13.8. The molecule has 4 rings (SSSR count). The van der Waals surface area contributed by atoms with Crippen LogP contribution in [0.3, 0.4) is 0 Å². The summed E-state index contributed by atoms with van der Waals surface area (Å²) in [6, 6.07) is 10.3. The number of imidazole rings is 1. The van der Waals surface area contributed by atoms with Gasteiger partial charge in [-0.15, -0.1) is 0 Å². The van der Waals surface area contributed by atoms with E-state index in [-0.39, 0.29) is 0 Å². The van der Waals surface area contributed by atoms with E-state index in [0.29, 0.717) is 6.54 Å². The average Bonchev–Trinajstić information content (AvgIpc) is 3.10. The van der Waals surface area contributed by atoms with E-state index in [4.69, 9.17) is 0 Å². The SMILES string of the molecule is Cc1cc(NCc2ccc3c(c2)nc(C)n3C)n2nccc2n1. The fourth-order valence-electron chi connectivity index (χ4n) is 2.83. The molecule has 6 heteroatoms. The summed E-state index contributed by atoms with van der Waals surface area (Å²) in [7, 11) is 2.04. The normalized spacial score (nSPS) is 11.4. The number of hydrogen-bond acceptors (Lipinski definition) is 4. The van der Waals surface area contributed by atoms with Gasteiger partial charge in [-0.25, -0.2) is 9.97 Å². The van der Waals surface area contributed by atoms with E-state index in [1.807, 2.05) is 37.5 Å². The van der Waals surface area contributed by atoms with Crippen molar-refractivity contribution in [3.05, 3.63) is 53.6 Å². The number of rotatable bonds is 3. The minimum absolute atomic E-state index is 0.712. The number of benzene rings is 1. The molecule has 0 radical (unpaired) electrons. The molecule has 0 bridgehead atoms. The first-order valence-corrected chi connectivity index (χ1v) is 7.59. The van der Waals surface area contributed by atoms with Gasteiger partial charge in [0.15, 0.2) is 5.65 Å². The number of nitrogens with zero attached hydrogens (tertiary/aromatic N) is 5. The molecule has 0 saturated carbocycles. The zero-order valence-electron chi connectivity index (χ0n) is 13.4. The number of aromatic nitrogens is 5. The van der Waals surface area contributed by atoms with Crippen LogP contribution in [0.4, 0.5) is 5.82 Å². The summed E-state index contributed by atoms with van der Waals surface area (Å²) in [6.07, 6.45) is 1.76. The Morgan fingerprint density at radius 2 is 1.96 bits per heavy atom. The minimum atomic E-state index is 0.712. The van der Waals surface area contributed by atoms with Gasteiger partial charge in [-0.05, 0) is 31.5 Å². The molecule has 0 unspecified atom stereocenters. The molecule has 0 atom stereocenters. The van der Waals surface area contributed by atoms with Crippen LogP contribution < -0.4 is 5.32 Å². The molecule has 0 amide bonds. The topological polar surface area (TPSA) is 60.0 Å². The lowest BCUT2D eigenvalue weighted by Crippen LogP contribution is -2.06. The summed E-state index contributed by atoms with van der Waals surface area (Å²) in [4.78, 5) is 9.04. The maximum Gasteiger partial charge on any atom is 0.157 e. The van der Waals surface area contributed by atoms with Crippen molar-refractivity contribution in [2.75, 3.05) is 5.32 Å². The van der Waals surface area contributed by atoms with Crippen molar-refractivity contribution >= 4 is 22.5 Å². The number of aryl methyl sites for hydroxylation is 3. The van der Waals surface area contributed by atoms with Crippen LogP contribution >= 0.6 is 0 Å². The second kappa shape index (κ2) is 5.08. The molecule has 3 heterocycles. The first-order valence-electron chi connectivity index (χ1n) is 7.59. The van der Waals surface area contributed by atoms with Gasteiger partial charge < -0.3 is 9.88 Å². The van der Waals surface area contributed by atoms with Crippen molar-refractivity contribution < 1.29 is 0 Å². The molecule has 1 aromatic carbocycles. The Morgan fingerprint density at radius 1 is 1.09 bits per heavy atom. The largest absolute Gasteiger partial charge is 0.366 e. The van der Waals surface area contributed by atoms with Crippen molar-refractivity contribution in [2.45, 2.75) is 20.4 Å². The van der Waals surface area contributed by atoms with Gasteiger partial charge >= 0.3 is 0 Å². The highest BCUT2D eigenvalue weighted by atomic mass is 15.3. The van der Waals surface area contributed by atoms with Gasteiger partial charge in [0.25, 0.3) is 0 Å². The highest BCUT2D eigenvalue weighted by Gasteiger charge is 2.07. The molecule has 3 aromatic heterocycles. The molecule has 6 nitrogen and oxygen atoms in total. The van der Waals surface area contributed by atoms with Gasteiger partial charge in [0.05, 0.1) is 17.2 Å². The van der Waals surface area contributed by atoms with Gasteiger partial charge in [-0.3, -0.25) is 0 Å². The molecule has 0 aliphatic heterocycles. The van der Waals surface area contributed by atoms with Gasteiger partial charge in [0.1, 0.15) is 11.6 Å². The molecular weight excluding hydrogens is 288 g/mol. The highest BCUT2D eigenvalue weighted by Crippen LogP contribution is 2.18. The van der Waals surface area contributed by atoms with Crippen molar-refractivity contribution in [1.82, 2.24) is 24.1 Å². The van der Waals surface area contributed by atoms with E-state index < -0.39 is 0 Å².